The number of carboxylic acid groups (broad SMARTS) is 1. The second-order valence-corrected chi connectivity index (χ2v) is 5.42. The van der Waals surface area contributed by atoms with Crippen molar-refractivity contribution in [3.63, 3.8) is 0 Å². The van der Waals surface area contributed by atoms with Gasteiger partial charge in [-0.15, -0.1) is 0 Å². The molecule has 0 spiro atoms. The summed E-state index contributed by atoms with van der Waals surface area (Å²) < 4.78 is 1.56. The van der Waals surface area contributed by atoms with Crippen molar-refractivity contribution in [1.29, 1.82) is 0 Å². The molecule has 0 aliphatic rings. The number of rotatable bonds is 5. The third-order valence-corrected chi connectivity index (χ3v) is 3.58. The number of carbonyl (C=O) groups is 2. The molecule has 0 heterocycles. The van der Waals surface area contributed by atoms with Gasteiger partial charge in [0, 0.05) is 22.0 Å². The van der Waals surface area contributed by atoms with Crippen molar-refractivity contribution in [2.45, 2.75) is 13.3 Å². The average molecular weight is 379 g/mol. The molecule has 1 aromatic carbocycles. The maximum absolute atomic E-state index is 12.2. The molecule has 0 aliphatic carbocycles. The molecule has 0 saturated heterocycles. The molecule has 1 N–H and O–H groups in total. The van der Waals surface area contributed by atoms with E-state index in [1.165, 1.54) is 4.90 Å². The molecule has 0 aromatic heterocycles. The molecular formula is C12H13Br2NO3. The van der Waals surface area contributed by atoms with Crippen molar-refractivity contribution < 1.29 is 14.7 Å². The zero-order valence-corrected chi connectivity index (χ0v) is 13.0. The summed E-state index contributed by atoms with van der Waals surface area (Å²) in [5.74, 6) is -1.07. The highest BCUT2D eigenvalue weighted by Gasteiger charge is 2.17. The van der Waals surface area contributed by atoms with Crippen LogP contribution in [-0.4, -0.2) is 35.0 Å². The Bertz CT molecular complexity index is 463. The van der Waals surface area contributed by atoms with Crippen molar-refractivity contribution in [2.24, 2.45) is 0 Å². The summed E-state index contributed by atoms with van der Waals surface area (Å²) in [4.78, 5) is 24.3. The van der Waals surface area contributed by atoms with Gasteiger partial charge in [0.15, 0.2) is 0 Å². The highest BCUT2D eigenvalue weighted by atomic mass is 79.9. The van der Waals surface area contributed by atoms with Gasteiger partial charge in [0.1, 0.15) is 0 Å². The summed E-state index contributed by atoms with van der Waals surface area (Å²) in [6, 6.07) is 5.28. The van der Waals surface area contributed by atoms with Gasteiger partial charge in [-0.3, -0.25) is 9.59 Å². The van der Waals surface area contributed by atoms with Crippen LogP contribution < -0.4 is 0 Å². The quantitative estimate of drug-likeness (QED) is 0.856. The third kappa shape index (κ3) is 4.10. The second-order valence-electron chi connectivity index (χ2n) is 3.65. The summed E-state index contributed by atoms with van der Waals surface area (Å²) in [6.45, 7) is 2.52. The largest absolute Gasteiger partial charge is 0.481 e. The smallest absolute Gasteiger partial charge is 0.305 e. The number of nitrogens with zero attached hydrogens (tertiary/aromatic N) is 1. The number of carboxylic acids is 1. The normalized spacial score (nSPS) is 10.2. The minimum Gasteiger partial charge on any atom is -0.481 e. The van der Waals surface area contributed by atoms with E-state index < -0.39 is 5.97 Å². The third-order valence-electron chi connectivity index (χ3n) is 2.43. The molecule has 1 rings (SSSR count). The van der Waals surface area contributed by atoms with Gasteiger partial charge in [-0.2, -0.15) is 0 Å². The fraction of sp³-hybridized carbons (Fsp3) is 0.333. The first-order valence-corrected chi connectivity index (χ1v) is 7.00. The fourth-order valence-electron chi connectivity index (χ4n) is 1.47. The summed E-state index contributed by atoms with van der Waals surface area (Å²) in [6.07, 6.45) is -0.0479. The minimum atomic E-state index is -0.906. The predicted octanol–water partition coefficient (Wildman–Crippen LogP) is 3.15. The SMILES string of the molecule is CCN(CCC(=O)O)C(=O)c1ccc(Br)cc1Br. The van der Waals surface area contributed by atoms with Gasteiger partial charge in [0.05, 0.1) is 12.0 Å². The fourth-order valence-corrected chi connectivity index (χ4v) is 2.68. The van der Waals surface area contributed by atoms with Crippen LogP contribution in [0.15, 0.2) is 27.1 Å². The van der Waals surface area contributed by atoms with E-state index in [4.69, 9.17) is 5.11 Å². The molecule has 4 nitrogen and oxygen atoms in total. The van der Waals surface area contributed by atoms with Gasteiger partial charge in [0.2, 0.25) is 0 Å². The topological polar surface area (TPSA) is 57.6 Å². The molecule has 0 aliphatic heterocycles. The van der Waals surface area contributed by atoms with Crippen molar-refractivity contribution >= 4 is 43.7 Å². The lowest BCUT2D eigenvalue weighted by Crippen LogP contribution is -2.33. The summed E-state index contributed by atoms with van der Waals surface area (Å²) in [7, 11) is 0. The molecule has 0 radical (unpaired) electrons. The van der Waals surface area contributed by atoms with E-state index in [1.54, 1.807) is 18.2 Å². The van der Waals surface area contributed by atoms with Crippen LogP contribution in [0.5, 0.6) is 0 Å². The Morgan fingerprint density at radius 1 is 1.33 bits per heavy atom. The van der Waals surface area contributed by atoms with Crippen molar-refractivity contribution in [1.82, 2.24) is 4.90 Å². The van der Waals surface area contributed by atoms with Crippen LogP contribution >= 0.6 is 31.9 Å². The van der Waals surface area contributed by atoms with E-state index in [9.17, 15) is 9.59 Å². The van der Waals surface area contributed by atoms with Gasteiger partial charge in [-0.1, -0.05) is 15.9 Å². The minimum absolute atomic E-state index is 0.0479. The lowest BCUT2D eigenvalue weighted by molar-refractivity contribution is -0.137. The first-order chi connectivity index (χ1) is 8.45. The number of halogens is 2. The Morgan fingerprint density at radius 2 is 2.00 bits per heavy atom. The maximum atomic E-state index is 12.2. The molecule has 0 unspecified atom stereocenters. The monoisotopic (exact) mass is 377 g/mol. The molecule has 0 atom stereocenters. The Kier molecular flexibility index (Phi) is 5.81. The summed E-state index contributed by atoms with van der Waals surface area (Å²) in [5.41, 5.74) is 0.533. The number of hydrogen-bond donors (Lipinski definition) is 1. The molecule has 0 bridgehead atoms. The van der Waals surface area contributed by atoms with E-state index in [0.29, 0.717) is 16.6 Å². The summed E-state index contributed by atoms with van der Waals surface area (Å²) in [5, 5.41) is 8.65. The van der Waals surface area contributed by atoms with Crippen LogP contribution in [0, 0.1) is 0 Å². The average Bonchev–Trinajstić information content (AvgIpc) is 2.29. The summed E-state index contributed by atoms with van der Waals surface area (Å²) >= 11 is 6.65. The Balaban J connectivity index is 2.86. The van der Waals surface area contributed by atoms with E-state index in [0.717, 1.165) is 4.47 Å². The molecule has 0 saturated carbocycles. The highest BCUT2D eigenvalue weighted by molar-refractivity contribution is 9.11. The van der Waals surface area contributed by atoms with Gasteiger partial charge >= 0.3 is 5.97 Å². The van der Waals surface area contributed by atoms with E-state index in [2.05, 4.69) is 31.9 Å². The number of aliphatic carboxylic acids is 1. The molecule has 6 heteroatoms. The standard InChI is InChI=1S/C12H13Br2NO3/c1-2-15(6-5-11(16)17)12(18)9-4-3-8(13)7-10(9)14/h3-4,7H,2,5-6H2,1H3,(H,16,17). The molecule has 1 amide bonds. The van der Waals surface area contributed by atoms with Crippen LogP contribution in [0.2, 0.25) is 0 Å². The highest BCUT2D eigenvalue weighted by Crippen LogP contribution is 2.23. The zero-order chi connectivity index (χ0) is 13.7. The van der Waals surface area contributed by atoms with Gasteiger partial charge in [-0.25, -0.2) is 0 Å². The Hall–Kier alpha value is -0.880. The number of hydrogen-bond acceptors (Lipinski definition) is 2. The van der Waals surface area contributed by atoms with E-state index in [1.807, 2.05) is 6.92 Å². The van der Waals surface area contributed by atoms with Crippen LogP contribution in [0.3, 0.4) is 0 Å². The van der Waals surface area contributed by atoms with Crippen LogP contribution in [-0.2, 0) is 4.79 Å². The molecular weight excluding hydrogens is 366 g/mol. The van der Waals surface area contributed by atoms with Crippen LogP contribution in [0.25, 0.3) is 0 Å². The van der Waals surface area contributed by atoms with Gasteiger partial charge in [0.25, 0.3) is 5.91 Å². The van der Waals surface area contributed by atoms with E-state index >= 15 is 0 Å². The Labute approximate surface area is 122 Å². The van der Waals surface area contributed by atoms with Gasteiger partial charge in [-0.05, 0) is 41.1 Å². The van der Waals surface area contributed by atoms with Crippen molar-refractivity contribution in [3.05, 3.63) is 32.7 Å². The zero-order valence-electron chi connectivity index (χ0n) is 9.82. The first-order valence-electron chi connectivity index (χ1n) is 5.41. The maximum Gasteiger partial charge on any atom is 0.305 e. The number of amides is 1. The molecule has 1 aromatic rings. The van der Waals surface area contributed by atoms with Crippen LogP contribution in [0.1, 0.15) is 23.7 Å². The molecule has 0 fully saturated rings. The van der Waals surface area contributed by atoms with Crippen LogP contribution in [0.4, 0.5) is 0 Å². The Morgan fingerprint density at radius 3 is 2.50 bits per heavy atom. The van der Waals surface area contributed by atoms with Crippen molar-refractivity contribution in [3.8, 4) is 0 Å². The number of carbonyl (C=O) groups excluding carboxylic acids is 1. The number of benzene rings is 1. The van der Waals surface area contributed by atoms with Gasteiger partial charge < -0.3 is 10.0 Å². The second kappa shape index (κ2) is 6.89. The van der Waals surface area contributed by atoms with Crippen molar-refractivity contribution in [2.75, 3.05) is 13.1 Å². The molecule has 18 heavy (non-hydrogen) atoms. The lowest BCUT2D eigenvalue weighted by Gasteiger charge is -2.20. The molecule has 98 valence electrons. The van der Waals surface area contributed by atoms with E-state index in [-0.39, 0.29) is 18.9 Å². The first kappa shape index (κ1) is 15.2. The lowest BCUT2D eigenvalue weighted by atomic mass is 10.2. The predicted molar refractivity (Wildman–Crippen MR) is 75.7 cm³/mol.